The van der Waals surface area contributed by atoms with E-state index >= 15 is 0 Å². The van der Waals surface area contributed by atoms with Gasteiger partial charge in [-0.1, -0.05) is 85.6 Å². The van der Waals surface area contributed by atoms with Gasteiger partial charge in [0.2, 0.25) is 0 Å². The molecule has 8 bridgehead atoms. The van der Waals surface area contributed by atoms with Crippen molar-refractivity contribution in [2.24, 2.45) is 59.2 Å². The zero-order valence-electron chi connectivity index (χ0n) is 39.9. The molecule has 7 heteroatoms. The zero-order chi connectivity index (χ0) is 44.8. The van der Waals surface area contributed by atoms with Crippen LogP contribution in [0.5, 0.6) is 0 Å². The van der Waals surface area contributed by atoms with E-state index in [1.54, 1.807) is 24.0 Å². The fraction of sp³-hybridized carbons (Fsp3) is 0.500. The summed E-state index contributed by atoms with van der Waals surface area (Å²) in [4.78, 5) is 0. The molecule has 0 N–H and O–H groups in total. The summed E-state index contributed by atoms with van der Waals surface area (Å²) in [5, 5.41) is 5.75. The Morgan fingerprint density at radius 3 is 1.19 bits per heavy atom. The Morgan fingerprint density at radius 2 is 0.896 bits per heavy atom. The first-order chi connectivity index (χ1) is 31.4. The second-order valence-corrected chi connectivity index (χ2v) is 30.3. The molecule has 8 fully saturated rings. The van der Waals surface area contributed by atoms with Crippen molar-refractivity contribution >= 4 is 27.0 Å². The summed E-state index contributed by atoms with van der Waals surface area (Å²) in [5.41, 5.74) is 10.9. The first-order valence-electron chi connectivity index (χ1n) is 25.6. The molecule has 67 heavy (non-hydrogen) atoms. The molecule has 0 heterocycles. The number of hydrogen-bond acceptors (Lipinski definition) is 0. The van der Waals surface area contributed by atoms with Gasteiger partial charge in [-0.3, -0.25) is 0 Å². The van der Waals surface area contributed by atoms with Crippen molar-refractivity contribution in [2.45, 2.75) is 129 Å². The molecule has 8 saturated carbocycles. The van der Waals surface area contributed by atoms with Crippen LogP contribution in [0.2, 0.25) is 12.6 Å². The summed E-state index contributed by atoms with van der Waals surface area (Å²) in [6.45, 7) is 6.38. The third-order valence-corrected chi connectivity index (χ3v) is 20.4. The minimum Gasteiger partial charge on any atom is -1.00 e. The largest absolute Gasteiger partial charge is 1.00 e. The first-order valence-corrected chi connectivity index (χ1v) is 31.5. The van der Waals surface area contributed by atoms with E-state index in [-0.39, 0.29) is 24.8 Å². The molecule has 6 aromatic rings. The van der Waals surface area contributed by atoms with Gasteiger partial charge in [-0.25, -0.2) is 0 Å². The Labute approximate surface area is 427 Å². The summed E-state index contributed by atoms with van der Waals surface area (Å²) >= 11 is 1.29. The number of fused-ring (bicyclic) bond motifs is 2. The van der Waals surface area contributed by atoms with E-state index in [4.69, 9.17) is 0 Å². The van der Waals surface area contributed by atoms with Crippen LogP contribution in [0.1, 0.15) is 107 Å². The number of rotatable bonds is 10. The Morgan fingerprint density at radius 1 is 0.537 bits per heavy atom. The number of aryl methyl sites for hydroxylation is 2. The van der Waals surface area contributed by atoms with Gasteiger partial charge >= 0.3 is 67.1 Å². The van der Waals surface area contributed by atoms with E-state index < -0.39 is 18.0 Å². The van der Waals surface area contributed by atoms with Crippen LogP contribution in [0.3, 0.4) is 0 Å². The Kier molecular flexibility index (Phi) is 16.7. The molecule has 0 amide bonds. The van der Waals surface area contributed by atoms with Crippen LogP contribution in [0.4, 0.5) is 13.2 Å². The van der Waals surface area contributed by atoms with Crippen molar-refractivity contribution in [1.82, 2.24) is 0 Å². The smallest absolute Gasteiger partial charge is 1.00 e. The molecule has 0 spiro atoms. The van der Waals surface area contributed by atoms with Crippen LogP contribution >= 0.6 is 0 Å². The SMILES string of the molecule is CCc1ccc(-c2cccc3[cH-]c(CC4C5CC6CC(C5)CC4C6)cc23)cc1.CCc1ccc(-c2cccc3[cH-]c(CC4C5CC6CC(C5)CC4C6)cc23)cc1.C[Si](=[Zr+2])CCC(F)(F)F.[Cl-].[Cl-]. The fourth-order valence-corrected chi connectivity index (χ4v) is 16.4. The summed E-state index contributed by atoms with van der Waals surface area (Å²) in [7, 11) is 0. The maximum atomic E-state index is 11.4. The molecule has 0 saturated heterocycles. The van der Waals surface area contributed by atoms with Crippen molar-refractivity contribution in [3.05, 3.63) is 131 Å². The van der Waals surface area contributed by atoms with Crippen molar-refractivity contribution in [1.29, 1.82) is 0 Å². The van der Waals surface area contributed by atoms with Crippen molar-refractivity contribution in [2.75, 3.05) is 0 Å². The summed E-state index contributed by atoms with van der Waals surface area (Å²) in [5.74, 6) is 10.3. The first kappa shape index (κ1) is 50.9. The Bertz CT molecular complexity index is 2360. The summed E-state index contributed by atoms with van der Waals surface area (Å²) < 4.78 is 34.3. The second kappa shape index (κ2) is 21.9. The van der Waals surface area contributed by atoms with Gasteiger partial charge in [0, 0.05) is 0 Å². The fourth-order valence-electron chi connectivity index (χ4n) is 14.8. The normalized spacial score (nSPS) is 27.5. The molecule has 6 aromatic carbocycles. The minimum atomic E-state index is -3.93. The van der Waals surface area contributed by atoms with Crippen molar-refractivity contribution in [3.63, 3.8) is 0 Å². The molecule has 0 unspecified atom stereocenters. The third kappa shape index (κ3) is 11.7. The van der Waals surface area contributed by atoms with E-state index in [0.717, 1.165) is 72.0 Å². The van der Waals surface area contributed by atoms with Crippen molar-refractivity contribution in [3.8, 4) is 22.3 Å². The molecule has 0 radical (unpaired) electrons. The van der Waals surface area contributed by atoms with E-state index in [9.17, 15) is 13.2 Å². The van der Waals surface area contributed by atoms with Crippen LogP contribution in [-0.2, 0) is 49.0 Å². The van der Waals surface area contributed by atoms with Crippen LogP contribution in [-0.4, -0.2) is 11.6 Å². The molecule has 14 rings (SSSR count). The number of halogens is 5. The predicted molar refractivity (Wildman–Crippen MR) is 264 cm³/mol. The van der Waals surface area contributed by atoms with Gasteiger partial charge in [0.15, 0.2) is 0 Å². The van der Waals surface area contributed by atoms with Gasteiger partial charge in [0.25, 0.3) is 0 Å². The second-order valence-electron chi connectivity index (χ2n) is 21.9. The molecular formula is C60H69Cl2F3SiZr-2. The Balaban J connectivity index is 0.000000150. The standard InChI is InChI=1S/2C28H31.C4H7F3Si.2ClH.Zr/c2*1-2-18-6-8-22(9-7-18)26-5-3-4-23-11-21(17-28(23)26)16-27-24-12-19-10-20(14-24)15-25(27)13-19;1-8-3-2-4(5,6)7;;;/h2*3-9,11,17,19-20,24-25,27H,2,10,12-16H2,1H3;2-3H2,1H3;2*1H;/q2*-1;;;;+2/p-2. The predicted octanol–water partition coefficient (Wildman–Crippen LogP) is 10.9. The average Bonchev–Trinajstić information content (AvgIpc) is 3.92. The van der Waals surface area contributed by atoms with Gasteiger partial charge < -0.3 is 24.8 Å². The van der Waals surface area contributed by atoms with Crippen LogP contribution in [0.25, 0.3) is 43.8 Å². The summed E-state index contributed by atoms with van der Waals surface area (Å²) in [6, 6.07) is 42.4. The van der Waals surface area contributed by atoms with Crippen LogP contribution < -0.4 is 24.8 Å². The molecule has 354 valence electrons. The van der Waals surface area contributed by atoms with Crippen molar-refractivity contribution < 1.29 is 61.3 Å². The van der Waals surface area contributed by atoms with Crippen LogP contribution in [0.15, 0.2) is 109 Å². The third-order valence-electron chi connectivity index (χ3n) is 17.5. The molecule has 0 atom stereocenters. The van der Waals surface area contributed by atoms with E-state index in [1.165, 1.54) is 142 Å². The molecule has 0 aliphatic heterocycles. The van der Waals surface area contributed by atoms with E-state index in [0.29, 0.717) is 6.04 Å². The van der Waals surface area contributed by atoms with Gasteiger partial charge in [-0.2, -0.15) is 12.1 Å². The molecule has 0 aromatic heterocycles. The molecule has 8 aliphatic rings. The van der Waals surface area contributed by atoms with Gasteiger partial charge in [-0.15, -0.1) is 69.1 Å². The Hall–Kier alpha value is -2.43. The monoisotopic (exact) mass is 1030 g/mol. The average molecular weight is 1040 g/mol. The van der Waals surface area contributed by atoms with E-state index in [1.807, 2.05) is 6.55 Å². The molecular weight excluding hydrogens is 968 g/mol. The molecule has 0 nitrogen and oxygen atoms in total. The quantitative estimate of drug-likeness (QED) is 0.0948. The molecule has 8 aliphatic carbocycles. The van der Waals surface area contributed by atoms with Gasteiger partial charge in [-0.05, 0) is 171 Å². The maximum absolute atomic E-state index is 11.4. The number of alkyl halides is 3. The van der Waals surface area contributed by atoms with Gasteiger partial charge in [0.1, 0.15) is 0 Å². The van der Waals surface area contributed by atoms with Gasteiger partial charge in [0.05, 0.1) is 0 Å². The topological polar surface area (TPSA) is 0 Å². The minimum absolute atomic E-state index is 0. The van der Waals surface area contributed by atoms with E-state index in [2.05, 4.69) is 123 Å². The summed E-state index contributed by atoms with van der Waals surface area (Å²) in [6.07, 6.45) is 15.7. The zero-order valence-corrected chi connectivity index (χ0v) is 44.8. The number of benzene rings is 4. The maximum Gasteiger partial charge on any atom is -1.00 e. The van der Waals surface area contributed by atoms with Crippen LogP contribution in [0, 0.1) is 59.2 Å². The number of hydrogen-bond donors (Lipinski definition) is 0.